The lowest BCUT2D eigenvalue weighted by Crippen LogP contribution is -2.38. The Morgan fingerprint density at radius 3 is 3.13 bits per heavy atom. The summed E-state index contributed by atoms with van der Waals surface area (Å²) >= 11 is 0. The highest BCUT2D eigenvalue weighted by atomic mass is 16.5. The average Bonchev–Trinajstić information content (AvgIpc) is 3.15. The van der Waals surface area contributed by atoms with Crippen LogP contribution in [0.25, 0.3) is 0 Å². The molecule has 1 saturated heterocycles. The van der Waals surface area contributed by atoms with Crippen LogP contribution in [0.5, 0.6) is 0 Å². The van der Waals surface area contributed by atoms with E-state index in [0.29, 0.717) is 19.0 Å². The van der Waals surface area contributed by atoms with Gasteiger partial charge in [-0.3, -0.25) is 4.79 Å². The Morgan fingerprint density at radius 1 is 1.35 bits per heavy atom. The predicted octanol–water partition coefficient (Wildman–Crippen LogP) is 0.882. The van der Waals surface area contributed by atoms with E-state index in [1.165, 1.54) is 0 Å². The van der Waals surface area contributed by atoms with Crippen LogP contribution in [0.4, 0.5) is 5.82 Å². The first kappa shape index (κ1) is 14.3. The van der Waals surface area contributed by atoms with Crippen molar-refractivity contribution in [2.75, 3.05) is 18.5 Å². The van der Waals surface area contributed by atoms with Gasteiger partial charge in [-0.15, -0.1) is 0 Å². The monoisotopic (exact) mass is 313 g/mol. The maximum atomic E-state index is 12.4. The summed E-state index contributed by atoms with van der Waals surface area (Å²) in [6, 6.07) is 3.40. The van der Waals surface area contributed by atoms with Crippen molar-refractivity contribution in [1.82, 2.24) is 19.7 Å². The van der Waals surface area contributed by atoms with Crippen LogP contribution < -0.4 is 10.9 Å². The average molecular weight is 313 g/mol. The van der Waals surface area contributed by atoms with E-state index in [1.807, 2.05) is 13.0 Å². The van der Waals surface area contributed by atoms with Crippen molar-refractivity contribution < 1.29 is 4.74 Å². The second-order valence-electron chi connectivity index (χ2n) is 6.10. The fraction of sp³-hybridized carbons (Fsp3) is 0.500. The first-order valence-corrected chi connectivity index (χ1v) is 7.96. The number of ether oxygens (including phenoxy) is 1. The molecular weight excluding hydrogens is 294 g/mol. The number of hydrogen-bond acceptors (Lipinski definition) is 6. The summed E-state index contributed by atoms with van der Waals surface area (Å²) in [7, 11) is 0. The summed E-state index contributed by atoms with van der Waals surface area (Å²) in [6.45, 7) is 2.85. The van der Waals surface area contributed by atoms with Gasteiger partial charge in [0, 0.05) is 12.3 Å². The molecule has 1 N–H and O–H groups in total. The molecule has 0 spiro atoms. The number of fused-ring (bicyclic) bond motifs is 1. The van der Waals surface area contributed by atoms with Gasteiger partial charge in [-0.2, -0.15) is 5.10 Å². The van der Waals surface area contributed by atoms with Crippen LogP contribution in [-0.2, 0) is 17.6 Å². The van der Waals surface area contributed by atoms with Gasteiger partial charge in [0.15, 0.2) is 0 Å². The highest BCUT2D eigenvalue weighted by molar-refractivity contribution is 5.35. The normalized spacial score (nSPS) is 23.0. The van der Waals surface area contributed by atoms with Crippen molar-refractivity contribution in [1.29, 1.82) is 0 Å². The molecule has 7 heteroatoms. The van der Waals surface area contributed by atoms with Gasteiger partial charge in [0.25, 0.3) is 5.56 Å². The molecule has 1 aliphatic heterocycles. The molecule has 120 valence electrons. The van der Waals surface area contributed by atoms with E-state index in [9.17, 15) is 4.79 Å². The molecule has 2 unspecified atom stereocenters. The minimum absolute atomic E-state index is 0.0334. The molecular formula is C16H19N5O2. The summed E-state index contributed by atoms with van der Waals surface area (Å²) in [5, 5.41) is 7.95. The molecule has 2 aromatic rings. The highest BCUT2D eigenvalue weighted by Gasteiger charge is 2.32. The van der Waals surface area contributed by atoms with Gasteiger partial charge in [0.1, 0.15) is 17.7 Å². The maximum absolute atomic E-state index is 12.4. The quantitative estimate of drug-likeness (QED) is 0.906. The van der Waals surface area contributed by atoms with E-state index < -0.39 is 0 Å². The molecule has 0 amide bonds. The van der Waals surface area contributed by atoms with E-state index in [1.54, 1.807) is 16.9 Å². The Labute approximate surface area is 133 Å². The van der Waals surface area contributed by atoms with Gasteiger partial charge < -0.3 is 10.1 Å². The molecule has 0 bridgehead atoms. The van der Waals surface area contributed by atoms with Crippen LogP contribution in [0.1, 0.15) is 29.5 Å². The maximum Gasteiger partial charge on any atom is 0.267 e. The lowest BCUT2D eigenvalue weighted by Gasteiger charge is -2.21. The number of nitrogens with zero attached hydrogens (tertiary/aromatic N) is 4. The molecule has 7 nitrogen and oxygen atoms in total. The van der Waals surface area contributed by atoms with Gasteiger partial charge >= 0.3 is 0 Å². The minimum atomic E-state index is -0.122. The van der Waals surface area contributed by atoms with Crippen LogP contribution in [0.15, 0.2) is 23.1 Å². The molecule has 1 fully saturated rings. The second kappa shape index (κ2) is 5.73. The number of rotatable bonds is 3. The third-order valence-corrected chi connectivity index (χ3v) is 4.46. The topological polar surface area (TPSA) is 81.9 Å². The SMILES string of the molecule is Cc1nccc(NC2COCC2n2nc3c(cc2=O)CCC3)n1. The zero-order chi connectivity index (χ0) is 15.8. The van der Waals surface area contributed by atoms with E-state index >= 15 is 0 Å². The van der Waals surface area contributed by atoms with Crippen LogP contribution in [-0.4, -0.2) is 39.0 Å². The molecule has 0 saturated carbocycles. The molecule has 0 radical (unpaired) electrons. The Balaban J connectivity index is 1.62. The fourth-order valence-corrected chi connectivity index (χ4v) is 3.30. The largest absolute Gasteiger partial charge is 0.377 e. The van der Waals surface area contributed by atoms with E-state index in [2.05, 4.69) is 20.4 Å². The number of aromatic nitrogens is 4. The Morgan fingerprint density at radius 2 is 2.26 bits per heavy atom. The first-order valence-electron chi connectivity index (χ1n) is 7.96. The van der Waals surface area contributed by atoms with Crippen LogP contribution in [0, 0.1) is 6.92 Å². The zero-order valence-electron chi connectivity index (χ0n) is 13.0. The molecule has 2 aliphatic rings. The molecule has 2 aromatic heterocycles. The Kier molecular flexibility index (Phi) is 3.57. The summed E-state index contributed by atoms with van der Waals surface area (Å²) in [6.07, 6.45) is 4.71. The molecule has 1 aliphatic carbocycles. The third kappa shape index (κ3) is 2.72. The van der Waals surface area contributed by atoms with Crippen molar-refractivity contribution >= 4 is 5.82 Å². The van der Waals surface area contributed by atoms with Crippen LogP contribution in [0.3, 0.4) is 0 Å². The number of aryl methyl sites for hydroxylation is 3. The highest BCUT2D eigenvalue weighted by Crippen LogP contribution is 2.23. The molecule has 0 aromatic carbocycles. The summed E-state index contributed by atoms with van der Waals surface area (Å²) in [5.41, 5.74) is 2.10. The van der Waals surface area contributed by atoms with Gasteiger partial charge in [-0.25, -0.2) is 14.6 Å². The van der Waals surface area contributed by atoms with Gasteiger partial charge in [0.2, 0.25) is 0 Å². The fourth-order valence-electron chi connectivity index (χ4n) is 3.30. The zero-order valence-corrected chi connectivity index (χ0v) is 13.0. The first-order chi connectivity index (χ1) is 11.2. The lowest BCUT2D eigenvalue weighted by atomic mass is 10.1. The van der Waals surface area contributed by atoms with E-state index in [-0.39, 0.29) is 17.6 Å². The standard InChI is InChI=1S/C16H19N5O2/c1-10-17-6-5-15(18-10)19-13-8-23-9-14(13)21-16(22)7-11-3-2-4-12(11)20-21/h5-7,13-14H,2-4,8-9H2,1H3,(H,17,18,19). The summed E-state index contributed by atoms with van der Waals surface area (Å²) in [5.74, 6) is 1.45. The smallest absolute Gasteiger partial charge is 0.267 e. The predicted molar refractivity (Wildman–Crippen MR) is 84.6 cm³/mol. The second-order valence-corrected chi connectivity index (χ2v) is 6.10. The molecule has 4 rings (SSSR count). The lowest BCUT2D eigenvalue weighted by molar-refractivity contribution is 0.182. The van der Waals surface area contributed by atoms with Gasteiger partial charge in [-0.1, -0.05) is 0 Å². The number of anilines is 1. The van der Waals surface area contributed by atoms with E-state index in [0.717, 1.165) is 36.3 Å². The Hall–Kier alpha value is -2.28. The number of nitrogens with one attached hydrogen (secondary N) is 1. The van der Waals surface area contributed by atoms with Crippen molar-refractivity contribution in [3.63, 3.8) is 0 Å². The minimum Gasteiger partial charge on any atom is -0.377 e. The summed E-state index contributed by atoms with van der Waals surface area (Å²) < 4.78 is 7.18. The van der Waals surface area contributed by atoms with Crippen molar-refractivity contribution in [2.24, 2.45) is 0 Å². The Bertz CT molecular complexity index is 788. The molecule has 3 heterocycles. The third-order valence-electron chi connectivity index (χ3n) is 4.46. The summed E-state index contributed by atoms with van der Waals surface area (Å²) in [4.78, 5) is 20.9. The van der Waals surface area contributed by atoms with Crippen molar-refractivity contribution in [3.8, 4) is 0 Å². The molecule has 23 heavy (non-hydrogen) atoms. The van der Waals surface area contributed by atoms with Crippen LogP contribution in [0.2, 0.25) is 0 Å². The van der Waals surface area contributed by atoms with Crippen molar-refractivity contribution in [3.05, 3.63) is 45.8 Å². The van der Waals surface area contributed by atoms with E-state index in [4.69, 9.17) is 4.74 Å². The van der Waals surface area contributed by atoms with Gasteiger partial charge in [-0.05, 0) is 37.8 Å². The van der Waals surface area contributed by atoms with Gasteiger partial charge in [0.05, 0.1) is 24.9 Å². The number of hydrogen-bond donors (Lipinski definition) is 1. The van der Waals surface area contributed by atoms with Crippen LogP contribution >= 0.6 is 0 Å². The molecule has 2 atom stereocenters. The van der Waals surface area contributed by atoms with Crippen molar-refractivity contribution in [2.45, 2.75) is 38.3 Å².